The lowest BCUT2D eigenvalue weighted by atomic mass is 9.77. The smallest absolute Gasteiger partial charge is 0.270 e. The maximum Gasteiger partial charge on any atom is 0.270 e. The number of nitrogens with one attached hydrogen (secondary N) is 3. The van der Waals surface area contributed by atoms with E-state index < -0.39 is 0 Å². The summed E-state index contributed by atoms with van der Waals surface area (Å²) in [5.74, 6) is 0.267. The minimum absolute atomic E-state index is 0.122. The number of aromatic nitrogens is 1. The molecule has 2 aromatic rings. The number of hydrazine groups is 1. The Hall–Kier alpha value is -2.75. The lowest BCUT2D eigenvalue weighted by Gasteiger charge is -2.33. The molecule has 4 rings (SSSR count). The van der Waals surface area contributed by atoms with Crippen LogP contribution in [0.25, 0.3) is 0 Å². The van der Waals surface area contributed by atoms with Crippen molar-refractivity contribution in [3.05, 3.63) is 64.0 Å². The normalized spacial score (nSPS) is 25.9. The van der Waals surface area contributed by atoms with Gasteiger partial charge in [0.25, 0.3) is 5.91 Å². The van der Waals surface area contributed by atoms with Gasteiger partial charge in [0, 0.05) is 18.3 Å². The first-order valence-electron chi connectivity index (χ1n) is 10.2. The Bertz CT molecular complexity index is 980. The van der Waals surface area contributed by atoms with Gasteiger partial charge in [-0.25, -0.2) is 10.4 Å². The number of benzene rings is 1. The van der Waals surface area contributed by atoms with Gasteiger partial charge in [-0.3, -0.25) is 10.2 Å². The Morgan fingerprint density at radius 2 is 1.97 bits per heavy atom. The Labute approximate surface area is 171 Å². The Morgan fingerprint density at radius 3 is 2.69 bits per heavy atom. The third-order valence-corrected chi connectivity index (χ3v) is 6.40. The van der Waals surface area contributed by atoms with Crippen LogP contribution in [0.3, 0.4) is 0 Å². The number of rotatable bonds is 3. The largest absolute Gasteiger partial charge is 0.348 e. The second-order valence-electron chi connectivity index (χ2n) is 8.37. The van der Waals surface area contributed by atoms with E-state index in [4.69, 9.17) is 5.26 Å². The summed E-state index contributed by atoms with van der Waals surface area (Å²) in [5, 5.41) is 12.2. The van der Waals surface area contributed by atoms with Crippen LogP contribution in [0, 0.1) is 38.0 Å². The molecular formula is C23H27N5O. The molecule has 2 heterocycles. The molecule has 4 unspecified atom stereocenters. The van der Waals surface area contributed by atoms with Gasteiger partial charge in [0.05, 0.1) is 11.6 Å². The van der Waals surface area contributed by atoms with Crippen LogP contribution < -0.4 is 16.2 Å². The average Bonchev–Trinajstić information content (AvgIpc) is 3.13. The number of carbonyl (C=O) groups excluding carboxylic acids is 1. The molecule has 1 saturated heterocycles. The maximum atomic E-state index is 12.8. The molecule has 2 fully saturated rings. The highest BCUT2D eigenvalue weighted by atomic mass is 16.1. The fourth-order valence-corrected chi connectivity index (χ4v) is 4.60. The van der Waals surface area contributed by atoms with Crippen LogP contribution in [0.15, 0.2) is 30.5 Å². The first kappa shape index (κ1) is 19.6. The molecule has 1 saturated carbocycles. The van der Waals surface area contributed by atoms with E-state index in [2.05, 4.69) is 59.3 Å². The molecule has 6 nitrogen and oxygen atoms in total. The number of amides is 1. The van der Waals surface area contributed by atoms with Crippen molar-refractivity contribution in [3.63, 3.8) is 0 Å². The summed E-state index contributed by atoms with van der Waals surface area (Å²) >= 11 is 0. The van der Waals surface area contributed by atoms with Crippen LogP contribution in [0.2, 0.25) is 0 Å². The van der Waals surface area contributed by atoms with Crippen LogP contribution in [0.5, 0.6) is 0 Å². The predicted molar refractivity (Wildman–Crippen MR) is 111 cm³/mol. The molecule has 29 heavy (non-hydrogen) atoms. The monoisotopic (exact) mass is 389 g/mol. The molecule has 0 bridgehead atoms. The lowest BCUT2D eigenvalue weighted by Crippen LogP contribution is -2.44. The van der Waals surface area contributed by atoms with E-state index >= 15 is 0 Å². The van der Waals surface area contributed by atoms with Gasteiger partial charge < -0.3 is 5.32 Å². The summed E-state index contributed by atoms with van der Waals surface area (Å²) in [7, 11) is 0. The highest BCUT2D eigenvalue weighted by Crippen LogP contribution is 2.38. The van der Waals surface area contributed by atoms with Crippen molar-refractivity contribution in [3.8, 4) is 6.07 Å². The van der Waals surface area contributed by atoms with E-state index in [1.807, 2.05) is 6.92 Å². The molecule has 1 aliphatic heterocycles. The zero-order valence-electron chi connectivity index (χ0n) is 17.1. The van der Waals surface area contributed by atoms with Gasteiger partial charge in [0.1, 0.15) is 11.8 Å². The van der Waals surface area contributed by atoms with Crippen LogP contribution in [-0.4, -0.2) is 23.0 Å². The Morgan fingerprint density at radius 1 is 1.14 bits per heavy atom. The summed E-state index contributed by atoms with van der Waals surface area (Å²) in [4.78, 5) is 17.0. The second kappa shape index (κ2) is 7.94. The van der Waals surface area contributed by atoms with Crippen molar-refractivity contribution >= 4 is 5.91 Å². The number of carbonyl (C=O) groups is 1. The summed E-state index contributed by atoms with van der Waals surface area (Å²) in [6, 6.07) is 11.2. The number of nitriles is 1. The number of pyridine rings is 1. The van der Waals surface area contributed by atoms with E-state index in [-0.39, 0.29) is 18.0 Å². The highest BCUT2D eigenvalue weighted by molar-refractivity contribution is 5.93. The average molecular weight is 390 g/mol. The molecule has 1 aliphatic carbocycles. The molecule has 4 atom stereocenters. The topological polar surface area (TPSA) is 89.8 Å². The van der Waals surface area contributed by atoms with Crippen molar-refractivity contribution in [1.29, 1.82) is 5.26 Å². The maximum absolute atomic E-state index is 12.8. The molecule has 0 spiro atoms. The summed E-state index contributed by atoms with van der Waals surface area (Å²) in [6.07, 6.45) is 4.34. The second-order valence-corrected chi connectivity index (χ2v) is 8.37. The quantitative estimate of drug-likeness (QED) is 0.751. The Kier molecular flexibility index (Phi) is 5.35. The lowest BCUT2D eigenvalue weighted by molar-refractivity contribution is 0.0909. The van der Waals surface area contributed by atoms with Crippen LogP contribution in [-0.2, 0) is 0 Å². The van der Waals surface area contributed by atoms with Crippen molar-refractivity contribution in [1.82, 2.24) is 21.2 Å². The molecule has 0 radical (unpaired) electrons. The highest BCUT2D eigenvalue weighted by Gasteiger charge is 2.41. The van der Waals surface area contributed by atoms with Gasteiger partial charge in [0.2, 0.25) is 0 Å². The van der Waals surface area contributed by atoms with Crippen molar-refractivity contribution in [2.75, 3.05) is 0 Å². The zero-order chi connectivity index (χ0) is 20.5. The standard InChI is InChI=1S/C23H27N5O/c1-13-4-5-17(9-14(13)2)22-19-10-18(6-7-20(19)27-28-22)26-23(29)21-15(3)8-16(11-24)12-25-21/h4-5,8-9,12,18-20,22,27-28H,6-7,10H2,1-3H3,(H,26,29). The van der Waals surface area contributed by atoms with Crippen LogP contribution in [0.4, 0.5) is 0 Å². The van der Waals surface area contributed by atoms with E-state index in [0.717, 1.165) is 24.8 Å². The van der Waals surface area contributed by atoms with Gasteiger partial charge >= 0.3 is 0 Å². The van der Waals surface area contributed by atoms with Gasteiger partial charge in [-0.15, -0.1) is 0 Å². The third kappa shape index (κ3) is 3.89. The molecule has 1 amide bonds. The van der Waals surface area contributed by atoms with E-state index in [9.17, 15) is 4.79 Å². The number of aryl methyl sites for hydroxylation is 3. The number of hydrogen-bond donors (Lipinski definition) is 3. The van der Waals surface area contributed by atoms with Crippen molar-refractivity contribution in [2.24, 2.45) is 5.92 Å². The van der Waals surface area contributed by atoms with Crippen molar-refractivity contribution < 1.29 is 4.79 Å². The molecule has 150 valence electrons. The molecule has 2 aliphatic rings. The zero-order valence-corrected chi connectivity index (χ0v) is 17.1. The van der Waals surface area contributed by atoms with Crippen LogP contribution in [0.1, 0.15) is 63.6 Å². The molecule has 6 heteroatoms. The van der Waals surface area contributed by atoms with Crippen molar-refractivity contribution in [2.45, 2.75) is 58.2 Å². The van der Waals surface area contributed by atoms with Gasteiger partial charge in [-0.2, -0.15) is 5.26 Å². The summed E-state index contributed by atoms with van der Waals surface area (Å²) in [6.45, 7) is 6.10. The fourth-order valence-electron chi connectivity index (χ4n) is 4.60. The number of nitrogens with zero attached hydrogens (tertiary/aromatic N) is 2. The van der Waals surface area contributed by atoms with E-state index in [0.29, 0.717) is 23.2 Å². The molecular weight excluding hydrogens is 362 g/mol. The predicted octanol–water partition coefficient (Wildman–Crippen LogP) is 2.99. The van der Waals surface area contributed by atoms with E-state index in [1.54, 1.807) is 6.07 Å². The number of fused-ring (bicyclic) bond motifs is 1. The van der Waals surface area contributed by atoms with Gasteiger partial charge in [-0.05, 0) is 74.3 Å². The molecule has 1 aromatic carbocycles. The summed E-state index contributed by atoms with van der Waals surface area (Å²) < 4.78 is 0. The molecule has 3 N–H and O–H groups in total. The first-order chi connectivity index (χ1) is 14.0. The first-order valence-corrected chi connectivity index (χ1v) is 10.2. The third-order valence-electron chi connectivity index (χ3n) is 6.40. The van der Waals surface area contributed by atoms with Crippen LogP contribution >= 0.6 is 0 Å². The minimum atomic E-state index is -0.155. The van der Waals surface area contributed by atoms with E-state index in [1.165, 1.54) is 22.9 Å². The molecule has 1 aromatic heterocycles. The van der Waals surface area contributed by atoms with Gasteiger partial charge in [0.15, 0.2) is 0 Å². The minimum Gasteiger partial charge on any atom is -0.348 e. The summed E-state index contributed by atoms with van der Waals surface area (Å²) in [5.41, 5.74) is 12.4. The van der Waals surface area contributed by atoms with Gasteiger partial charge in [-0.1, -0.05) is 18.2 Å². The number of hydrogen-bond acceptors (Lipinski definition) is 5. The fraction of sp³-hybridized carbons (Fsp3) is 0.435. The Balaban J connectivity index is 1.46. The SMILES string of the molecule is Cc1ccc(C2NNC3CCC(NC(=O)c4ncc(C#N)cc4C)CC32)cc1C.